The zero-order chi connectivity index (χ0) is 14.1. The highest BCUT2D eigenvalue weighted by atomic mass is 19.1. The highest BCUT2D eigenvalue weighted by Crippen LogP contribution is 2.31. The lowest BCUT2D eigenvalue weighted by molar-refractivity contribution is 0.277. The van der Waals surface area contributed by atoms with Crippen molar-refractivity contribution in [2.75, 3.05) is 5.73 Å². The minimum absolute atomic E-state index is 0.307. The average molecular weight is 275 g/mol. The van der Waals surface area contributed by atoms with Gasteiger partial charge in [0.1, 0.15) is 5.82 Å². The Balaban J connectivity index is 1.88. The highest BCUT2D eigenvalue weighted by Gasteiger charge is 2.20. The summed E-state index contributed by atoms with van der Waals surface area (Å²) in [5, 5.41) is 11.6. The van der Waals surface area contributed by atoms with E-state index in [4.69, 9.17) is 5.73 Å². The fourth-order valence-corrected chi connectivity index (χ4v) is 2.59. The first-order chi connectivity index (χ1) is 9.65. The van der Waals surface area contributed by atoms with Crippen LogP contribution in [-0.4, -0.2) is 20.2 Å². The molecule has 20 heavy (non-hydrogen) atoms. The number of halogens is 1. The quantitative estimate of drug-likeness (QED) is 0.871. The van der Waals surface area contributed by atoms with Crippen molar-refractivity contribution >= 4 is 5.69 Å². The van der Waals surface area contributed by atoms with Crippen LogP contribution in [0.15, 0.2) is 12.1 Å². The summed E-state index contributed by atoms with van der Waals surface area (Å²) in [4.78, 5) is 0. The van der Waals surface area contributed by atoms with Crippen LogP contribution in [0, 0.1) is 18.7 Å². The monoisotopic (exact) mass is 275 g/mol. The lowest BCUT2D eigenvalue weighted by Gasteiger charge is -2.25. The molecule has 1 aromatic heterocycles. The molecular formula is C14H18FN5. The maximum atomic E-state index is 14.2. The highest BCUT2D eigenvalue weighted by molar-refractivity contribution is 5.63. The number of hydrogen-bond donors (Lipinski definition) is 1. The van der Waals surface area contributed by atoms with Crippen LogP contribution in [0.4, 0.5) is 10.1 Å². The molecule has 1 fully saturated rings. The number of hydrogen-bond acceptors (Lipinski definition) is 4. The molecule has 3 rings (SSSR count). The summed E-state index contributed by atoms with van der Waals surface area (Å²) in [6.07, 6.45) is 4.92. The van der Waals surface area contributed by atoms with Crippen LogP contribution in [0.2, 0.25) is 0 Å². The molecule has 0 aliphatic heterocycles. The molecule has 1 aromatic carbocycles. The van der Waals surface area contributed by atoms with Crippen LogP contribution >= 0.6 is 0 Å². The average Bonchev–Trinajstić information content (AvgIpc) is 2.80. The van der Waals surface area contributed by atoms with Crippen molar-refractivity contribution in [1.29, 1.82) is 0 Å². The van der Waals surface area contributed by atoms with E-state index in [-0.39, 0.29) is 5.82 Å². The lowest BCUT2D eigenvalue weighted by Crippen LogP contribution is -2.15. The molecule has 0 saturated heterocycles. The van der Waals surface area contributed by atoms with Crippen LogP contribution in [-0.2, 0) is 6.54 Å². The van der Waals surface area contributed by atoms with Crippen LogP contribution in [0.1, 0.15) is 31.2 Å². The molecular weight excluding hydrogens is 257 g/mol. The van der Waals surface area contributed by atoms with E-state index in [1.807, 2.05) is 0 Å². The minimum Gasteiger partial charge on any atom is -0.399 e. The molecule has 1 aliphatic rings. The number of nitrogens with two attached hydrogens (primary N) is 1. The van der Waals surface area contributed by atoms with Gasteiger partial charge in [0, 0.05) is 12.2 Å². The second-order valence-corrected chi connectivity index (χ2v) is 5.51. The topological polar surface area (TPSA) is 69.6 Å². The van der Waals surface area contributed by atoms with Crippen molar-refractivity contribution in [2.45, 2.75) is 39.2 Å². The van der Waals surface area contributed by atoms with E-state index in [1.54, 1.807) is 23.7 Å². The van der Waals surface area contributed by atoms with Gasteiger partial charge in [0.2, 0.25) is 0 Å². The molecule has 0 unspecified atom stereocenters. The number of benzene rings is 1. The molecule has 0 amide bonds. The van der Waals surface area contributed by atoms with Gasteiger partial charge < -0.3 is 5.73 Å². The third kappa shape index (κ3) is 2.37. The molecule has 6 heteroatoms. The Kier molecular flexibility index (Phi) is 3.38. The van der Waals surface area contributed by atoms with Gasteiger partial charge in [0.25, 0.3) is 0 Å². The van der Waals surface area contributed by atoms with Crippen LogP contribution in [0.5, 0.6) is 0 Å². The summed E-state index contributed by atoms with van der Waals surface area (Å²) in [6.45, 7) is 2.41. The number of rotatable bonds is 4. The number of nitrogen functional groups attached to an aromatic ring is 1. The predicted molar refractivity (Wildman–Crippen MR) is 74.3 cm³/mol. The molecule has 5 nitrogen and oxygen atoms in total. The van der Waals surface area contributed by atoms with Crippen LogP contribution < -0.4 is 5.73 Å². The first-order valence-electron chi connectivity index (χ1n) is 6.97. The summed E-state index contributed by atoms with van der Waals surface area (Å²) >= 11 is 0. The van der Waals surface area contributed by atoms with Crippen molar-refractivity contribution in [2.24, 2.45) is 5.92 Å². The van der Waals surface area contributed by atoms with E-state index in [0.717, 1.165) is 18.9 Å². The normalized spacial score (nSPS) is 15.3. The maximum absolute atomic E-state index is 14.2. The van der Waals surface area contributed by atoms with Gasteiger partial charge in [0.15, 0.2) is 5.82 Å². The van der Waals surface area contributed by atoms with Gasteiger partial charge >= 0.3 is 0 Å². The van der Waals surface area contributed by atoms with Crippen molar-refractivity contribution in [3.05, 3.63) is 23.5 Å². The van der Waals surface area contributed by atoms with E-state index < -0.39 is 0 Å². The molecule has 0 radical (unpaired) electrons. The Labute approximate surface area is 117 Å². The number of anilines is 1. The Morgan fingerprint density at radius 2 is 2.20 bits per heavy atom. The number of tetrazole rings is 1. The third-order valence-corrected chi connectivity index (χ3v) is 4.02. The lowest BCUT2D eigenvalue weighted by atomic mass is 9.83. The second kappa shape index (κ2) is 5.19. The Morgan fingerprint density at radius 1 is 1.40 bits per heavy atom. The zero-order valence-corrected chi connectivity index (χ0v) is 11.5. The summed E-state index contributed by atoms with van der Waals surface area (Å²) in [5.74, 6) is 0.913. The van der Waals surface area contributed by atoms with Crippen molar-refractivity contribution in [3.8, 4) is 11.4 Å². The van der Waals surface area contributed by atoms with Crippen LogP contribution in [0.25, 0.3) is 11.4 Å². The van der Waals surface area contributed by atoms with Gasteiger partial charge in [-0.1, -0.05) is 19.3 Å². The largest absolute Gasteiger partial charge is 0.399 e. The van der Waals surface area contributed by atoms with Crippen molar-refractivity contribution in [1.82, 2.24) is 20.2 Å². The number of nitrogens with zero attached hydrogens (tertiary/aromatic N) is 4. The molecule has 1 heterocycles. The number of aryl methyl sites for hydroxylation is 2. The Morgan fingerprint density at radius 3 is 2.90 bits per heavy atom. The van der Waals surface area contributed by atoms with Crippen molar-refractivity contribution in [3.63, 3.8) is 0 Å². The van der Waals surface area contributed by atoms with E-state index >= 15 is 0 Å². The van der Waals surface area contributed by atoms with Gasteiger partial charge in [-0.3, -0.25) is 0 Å². The standard InChI is InChI=1S/C14H18FN5/c1-9-7-11(16)8-12(13(9)15)14-17-18-19-20(14)6-5-10-3-2-4-10/h7-8,10H,2-6,16H2,1H3. The molecule has 106 valence electrons. The maximum Gasteiger partial charge on any atom is 0.185 e. The van der Waals surface area contributed by atoms with E-state index in [1.165, 1.54) is 19.3 Å². The van der Waals surface area contributed by atoms with Gasteiger partial charge in [0.05, 0.1) is 5.56 Å². The summed E-state index contributed by atoms with van der Waals surface area (Å²) in [6, 6.07) is 3.20. The molecule has 1 aliphatic carbocycles. The second-order valence-electron chi connectivity index (χ2n) is 5.51. The number of aromatic nitrogens is 4. The Hall–Kier alpha value is -1.98. The SMILES string of the molecule is Cc1cc(N)cc(-c2nnnn2CCC2CCC2)c1F. The summed E-state index contributed by atoms with van der Waals surface area (Å²) in [5.41, 5.74) is 7.20. The predicted octanol–water partition coefficient (Wildman–Crippen LogP) is 2.56. The smallest absolute Gasteiger partial charge is 0.185 e. The summed E-state index contributed by atoms with van der Waals surface area (Å²) in [7, 11) is 0. The molecule has 0 bridgehead atoms. The van der Waals surface area contributed by atoms with Crippen molar-refractivity contribution < 1.29 is 4.39 Å². The van der Waals surface area contributed by atoms with Gasteiger partial charge in [-0.15, -0.1) is 5.10 Å². The van der Waals surface area contributed by atoms with E-state index in [2.05, 4.69) is 15.5 Å². The zero-order valence-electron chi connectivity index (χ0n) is 11.5. The molecule has 2 N–H and O–H groups in total. The minimum atomic E-state index is -0.307. The van der Waals surface area contributed by atoms with Gasteiger partial charge in [-0.25, -0.2) is 9.07 Å². The van der Waals surface area contributed by atoms with E-state index in [0.29, 0.717) is 22.6 Å². The van der Waals surface area contributed by atoms with Gasteiger partial charge in [-0.05, 0) is 47.4 Å². The fraction of sp³-hybridized carbons (Fsp3) is 0.500. The fourth-order valence-electron chi connectivity index (χ4n) is 2.59. The third-order valence-electron chi connectivity index (χ3n) is 4.02. The molecule has 0 spiro atoms. The first-order valence-corrected chi connectivity index (χ1v) is 6.97. The molecule has 2 aromatic rings. The molecule has 1 saturated carbocycles. The van der Waals surface area contributed by atoms with Gasteiger partial charge in [-0.2, -0.15) is 0 Å². The molecule has 0 atom stereocenters. The van der Waals surface area contributed by atoms with E-state index in [9.17, 15) is 4.39 Å². The summed E-state index contributed by atoms with van der Waals surface area (Å²) < 4.78 is 15.9. The first kappa shape index (κ1) is 13.0. The van der Waals surface area contributed by atoms with Crippen LogP contribution in [0.3, 0.4) is 0 Å². The Bertz CT molecular complexity index is 618.